The minimum absolute atomic E-state index is 0.0711. The van der Waals surface area contributed by atoms with Gasteiger partial charge in [0.1, 0.15) is 5.58 Å². The first-order valence-electron chi connectivity index (χ1n) is 14.9. The summed E-state index contributed by atoms with van der Waals surface area (Å²) in [5.41, 5.74) is 3.35. The topological polar surface area (TPSA) is 89.3 Å². The Labute approximate surface area is 260 Å². The molecule has 0 N–H and O–H groups in total. The Kier molecular flexibility index (Phi) is 6.73. The molecule has 0 fully saturated rings. The summed E-state index contributed by atoms with van der Waals surface area (Å²) in [5, 5.41) is 0.338. The average Bonchev–Trinajstić information content (AvgIpc) is 3.44. The van der Waals surface area contributed by atoms with Gasteiger partial charge in [-0.2, -0.15) is 0 Å². The molecule has 3 heterocycles. The van der Waals surface area contributed by atoms with Crippen molar-refractivity contribution in [2.24, 2.45) is 0 Å². The molecule has 8 heteroatoms. The van der Waals surface area contributed by atoms with Gasteiger partial charge in [0.25, 0.3) is 11.8 Å². The van der Waals surface area contributed by atoms with Crippen molar-refractivity contribution in [3.8, 4) is 11.5 Å². The first-order valence-corrected chi connectivity index (χ1v) is 14.9. The highest BCUT2D eigenvalue weighted by molar-refractivity contribution is 6.17. The second kappa shape index (κ2) is 10.7. The van der Waals surface area contributed by atoms with E-state index < -0.39 is 11.4 Å². The van der Waals surface area contributed by atoms with Crippen molar-refractivity contribution in [2.45, 2.75) is 32.4 Å². The number of benzene rings is 4. The van der Waals surface area contributed by atoms with E-state index in [1.165, 1.54) is 4.90 Å². The summed E-state index contributed by atoms with van der Waals surface area (Å²) < 4.78 is 17.1. The summed E-state index contributed by atoms with van der Waals surface area (Å²) in [6.45, 7) is 4.33. The van der Waals surface area contributed by atoms with Gasteiger partial charge in [-0.25, -0.2) is 0 Å². The van der Waals surface area contributed by atoms with E-state index in [1.807, 2.05) is 86.6 Å². The van der Waals surface area contributed by atoms with Gasteiger partial charge < -0.3 is 23.7 Å². The Balaban J connectivity index is 1.42. The molecule has 4 aromatic carbocycles. The quantitative estimate of drug-likeness (QED) is 0.231. The number of fused-ring (bicyclic) bond motifs is 5. The second-order valence-electron chi connectivity index (χ2n) is 11.6. The van der Waals surface area contributed by atoms with E-state index in [1.54, 1.807) is 31.3 Å². The third-order valence-corrected chi connectivity index (χ3v) is 8.92. The van der Waals surface area contributed by atoms with Crippen molar-refractivity contribution in [2.75, 3.05) is 25.7 Å². The van der Waals surface area contributed by atoms with Crippen LogP contribution < -0.4 is 19.8 Å². The second-order valence-corrected chi connectivity index (χ2v) is 11.6. The molecule has 1 atom stereocenters. The van der Waals surface area contributed by atoms with E-state index in [4.69, 9.17) is 13.9 Å². The van der Waals surface area contributed by atoms with Gasteiger partial charge in [0, 0.05) is 12.1 Å². The molecular formula is C37H32N2O6. The van der Waals surface area contributed by atoms with Crippen LogP contribution in [0.5, 0.6) is 11.5 Å². The Morgan fingerprint density at radius 1 is 0.778 bits per heavy atom. The largest absolute Gasteiger partial charge is 0.493 e. The van der Waals surface area contributed by atoms with Crippen molar-refractivity contribution >= 4 is 28.5 Å². The van der Waals surface area contributed by atoms with Gasteiger partial charge in [-0.3, -0.25) is 14.4 Å². The lowest BCUT2D eigenvalue weighted by molar-refractivity contribution is -0.126. The van der Waals surface area contributed by atoms with Crippen LogP contribution >= 0.6 is 0 Å². The summed E-state index contributed by atoms with van der Waals surface area (Å²) in [4.78, 5) is 47.1. The first kappa shape index (κ1) is 28.4. The number of amides is 2. The van der Waals surface area contributed by atoms with Crippen LogP contribution in [0.3, 0.4) is 0 Å². The predicted molar refractivity (Wildman–Crippen MR) is 171 cm³/mol. The van der Waals surface area contributed by atoms with E-state index in [0.717, 1.165) is 22.3 Å². The van der Waals surface area contributed by atoms with Crippen LogP contribution in [0.4, 0.5) is 5.69 Å². The first-order chi connectivity index (χ1) is 21.8. The normalized spacial score (nSPS) is 16.9. The van der Waals surface area contributed by atoms with Crippen LogP contribution in [-0.4, -0.2) is 37.5 Å². The SMILES string of the molecule is COc1ccc(CCN2C(=O)c3oc4ccc(C)cc4c(=O)c3C23C(=O)N(Cc2ccc(C)cc2)c2ccccc23)cc1OC. The molecule has 1 aromatic heterocycles. The van der Waals surface area contributed by atoms with Gasteiger partial charge in [-0.05, 0) is 61.7 Å². The maximum absolute atomic E-state index is 15.0. The van der Waals surface area contributed by atoms with E-state index in [9.17, 15) is 9.59 Å². The fraction of sp³-hybridized carbons (Fsp3) is 0.216. The number of carbonyl (C=O) groups is 2. The summed E-state index contributed by atoms with van der Waals surface area (Å²) in [7, 11) is 3.14. The minimum atomic E-state index is -1.69. The van der Waals surface area contributed by atoms with E-state index >= 15 is 4.79 Å². The number of hydrogen-bond acceptors (Lipinski definition) is 6. The molecule has 0 radical (unpaired) electrons. The lowest BCUT2D eigenvalue weighted by Crippen LogP contribution is -2.53. The fourth-order valence-corrected chi connectivity index (χ4v) is 6.71. The molecule has 2 amide bonds. The van der Waals surface area contributed by atoms with Crippen molar-refractivity contribution < 1.29 is 23.5 Å². The average molecular weight is 601 g/mol. The number of aryl methyl sites for hydroxylation is 2. The number of anilines is 1. The number of rotatable bonds is 7. The Morgan fingerprint density at radius 2 is 1.49 bits per heavy atom. The number of ether oxygens (including phenoxy) is 2. The molecule has 1 spiro atoms. The summed E-state index contributed by atoms with van der Waals surface area (Å²) in [5.74, 6) is 0.203. The zero-order valence-electron chi connectivity index (χ0n) is 25.5. The number of methoxy groups -OCH3 is 2. The fourth-order valence-electron chi connectivity index (χ4n) is 6.71. The molecule has 1 unspecified atom stereocenters. The Morgan fingerprint density at radius 3 is 2.24 bits per heavy atom. The van der Waals surface area contributed by atoms with Gasteiger partial charge in [-0.1, -0.05) is 65.7 Å². The van der Waals surface area contributed by atoms with Crippen LogP contribution in [0.15, 0.2) is 94.1 Å². The van der Waals surface area contributed by atoms with Crippen molar-refractivity contribution in [1.29, 1.82) is 0 Å². The highest BCUT2D eigenvalue weighted by Gasteiger charge is 2.64. The zero-order valence-corrected chi connectivity index (χ0v) is 25.5. The summed E-state index contributed by atoms with van der Waals surface area (Å²) in [6, 6.07) is 26.3. The number of nitrogens with zero attached hydrogens (tertiary/aromatic N) is 2. The third kappa shape index (κ3) is 4.23. The van der Waals surface area contributed by atoms with Gasteiger partial charge >= 0.3 is 0 Å². The molecular weight excluding hydrogens is 568 g/mol. The smallest absolute Gasteiger partial charge is 0.291 e. The molecule has 2 aliphatic heterocycles. The van der Waals surface area contributed by atoms with Crippen LogP contribution in [0.2, 0.25) is 0 Å². The molecule has 0 aliphatic carbocycles. The lowest BCUT2D eigenvalue weighted by atomic mass is 9.83. The monoisotopic (exact) mass is 600 g/mol. The van der Waals surface area contributed by atoms with Crippen molar-refractivity contribution in [1.82, 2.24) is 4.90 Å². The summed E-state index contributed by atoms with van der Waals surface area (Å²) >= 11 is 0. The predicted octanol–water partition coefficient (Wildman–Crippen LogP) is 5.92. The molecule has 226 valence electrons. The maximum Gasteiger partial charge on any atom is 0.291 e. The van der Waals surface area contributed by atoms with Crippen LogP contribution in [0.1, 0.15) is 43.9 Å². The summed E-state index contributed by atoms with van der Waals surface area (Å²) in [6.07, 6.45) is 0.391. The molecule has 0 saturated heterocycles. The van der Waals surface area contributed by atoms with E-state index in [-0.39, 0.29) is 35.7 Å². The Hall–Kier alpha value is -5.37. The standard InChI is InChI=1S/C37H32N2O6/c1-22-9-12-25(13-10-22)21-38-28-8-6-5-7-27(28)37(36(38)42)32-33(40)26-19-23(2)11-15-29(26)45-34(32)35(41)39(37)18-17-24-14-16-30(43-3)31(20-24)44-4/h5-16,19-20H,17-18,21H2,1-4H3. The van der Waals surface area contributed by atoms with Crippen molar-refractivity contribution in [3.63, 3.8) is 0 Å². The number of hydrogen-bond donors (Lipinski definition) is 0. The number of para-hydroxylation sites is 1. The molecule has 2 aliphatic rings. The van der Waals surface area contributed by atoms with Gasteiger partial charge in [0.2, 0.25) is 5.76 Å². The lowest BCUT2D eigenvalue weighted by Gasteiger charge is -2.34. The maximum atomic E-state index is 15.0. The van der Waals surface area contributed by atoms with Crippen molar-refractivity contribution in [3.05, 3.63) is 134 Å². The molecule has 0 bridgehead atoms. The molecule has 5 aromatic rings. The zero-order chi connectivity index (χ0) is 31.5. The van der Waals surface area contributed by atoms with Gasteiger partial charge in [0.05, 0.1) is 37.4 Å². The molecule has 7 rings (SSSR count). The highest BCUT2D eigenvalue weighted by Crippen LogP contribution is 2.53. The van der Waals surface area contributed by atoms with Crippen LogP contribution in [-0.2, 0) is 23.3 Å². The van der Waals surface area contributed by atoms with Crippen LogP contribution in [0.25, 0.3) is 11.0 Å². The van der Waals surface area contributed by atoms with E-state index in [0.29, 0.717) is 40.1 Å². The molecule has 8 nitrogen and oxygen atoms in total. The Bertz CT molecular complexity index is 2060. The van der Waals surface area contributed by atoms with Gasteiger partial charge in [-0.15, -0.1) is 0 Å². The third-order valence-electron chi connectivity index (χ3n) is 8.92. The highest BCUT2D eigenvalue weighted by atomic mass is 16.5. The minimum Gasteiger partial charge on any atom is -0.493 e. The number of carbonyl (C=O) groups excluding carboxylic acids is 2. The van der Waals surface area contributed by atoms with Crippen LogP contribution in [0, 0.1) is 13.8 Å². The van der Waals surface area contributed by atoms with Gasteiger partial charge in [0.15, 0.2) is 22.5 Å². The molecule has 45 heavy (non-hydrogen) atoms. The van der Waals surface area contributed by atoms with E-state index in [2.05, 4.69) is 0 Å². The molecule has 0 saturated carbocycles.